The monoisotopic (exact) mass is 285 g/mol. The van der Waals surface area contributed by atoms with Gasteiger partial charge in [0, 0.05) is 10.8 Å². The van der Waals surface area contributed by atoms with Gasteiger partial charge in [-0.3, -0.25) is 9.59 Å². The molecule has 18 heavy (non-hydrogen) atoms. The predicted molar refractivity (Wildman–Crippen MR) is 71.0 cm³/mol. The third-order valence-corrected chi connectivity index (χ3v) is 3.71. The van der Waals surface area contributed by atoms with E-state index in [9.17, 15) is 9.59 Å². The molecule has 1 fully saturated rings. The second kappa shape index (κ2) is 6.11. The number of carbonyl (C=O) groups is 2. The zero-order valence-electron chi connectivity index (χ0n) is 9.52. The van der Waals surface area contributed by atoms with Crippen LogP contribution in [-0.4, -0.2) is 29.4 Å². The number of amides is 1. The zero-order valence-corrected chi connectivity index (χ0v) is 11.1. The molecule has 1 saturated heterocycles. The molecule has 0 radical (unpaired) electrons. The fourth-order valence-electron chi connectivity index (χ4n) is 1.54. The minimum atomic E-state index is -0.365. The SMILES string of the molecule is O=C(COc1ccc(Cl)cc1)N[C@@H]1CCSC1=O. The van der Waals surface area contributed by atoms with Crippen LogP contribution in [0.25, 0.3) is 0 Å². The van der Waals surface area contributed by atoms with Crippen molar-refractivity contribution < 1.29 is 14.3 Å². The summed E-state index contributed by atoms with van der Waals surface area (Å²) in [6, 6.07) is 6.38. The third kappa shape index (κ3) is 3.65. The Morgan fingerprint density at radius 2 is 2.17 bits per heavy atom. The van der Waals surface area contributed by atoms with Gasteiger partial charge in [0.15, 0.2) is 6.61 Å². The first-order valence-corrected chi connectivity index (χ1v) is 6.86. The normalized spacial score (nSPS) is 18.7. The molecular weight excluding hydrogens is 274 g/mol. The Hall–Kier alpha value is -1.20. The second-order valence-electron chi connectivity index (χ2n) is 3.82. The van der Waals surface area contributed by atoms with Crippen molar-refractivity contribution in [1.82, 2.24) is 5.32 Å². The van der Waals surface area contributed by atoms with Crippen LogP contribution in [0.2, 0.25) is 5.02 Å². The Morgan fingerprint density at radius 1 is 1.44 bits per heavy atom. The van der Waals surface area contributed by atoms with Crippen molar-refractivity contribution in [2.75, 3.05) is 12.4 Å². The van der Waals surface area contributed by atoms with Gasteiger partial charge in [0.25, 0.3) is 5.91 Å². The van der Waals surface area contributed by atoms with Crippen molar-refractivity contribution in [3.63, 3.8) is 0 Å². The van der Waals surface area contributed by atoms with Crippen molar-refractivity contribution in [1.29, 1.82) is 0 Å². The molecule has 0 aliphatic carbocycles. The lowest BCUT2D eigenvalue weighted by Crippen LogP contribution is -2.39. The summed E-state index contributed by atoms with van der Waals surface area (Å²) < 4.78 is 5.28. The van der Waals surface area contributed by atoms with Crippen LogP contribution in [0.4, 0.5) is 0 Å². The van der Waals surface area contributed by atoms with Crippen molar-refractivity contribution in [2.45, 2.75) is 12.5 Å². The molecular formula is C12H12ClNO3S. The van der Waals surface area contributed by atoms with Gasteiger partial charge < -0.3 is 10.1 Å². The Kier molecular flexibility index (Phi) is 4.49. The van der Waals surface area contributed by atoms with E-state index in [4.69, 9.17) is 16.3 Å². The van der Waals surface area contributed by atoms with Gasteiger partial charge in [0.1, 0.15) is 5.75 Å². The molecule has 1 heterocycles. The molecule has 0 bridgehead atoms. The summed E-state index contributed by atoms with van der Waals surface area (Å²) in [6.07, 6.45) is 0.691. The summed E-state index contributed by atoms with van der Waals surface area (Å²) in [6.45, 7) is -0.101. The Bertz CT molecular complexity index is 449. The highest BCUT2D eigenvalue weighted by Gasteiger charge is 2.26. The smallest absolute Gasteiger partial charge is 0.258 e. The quantitative estimate of drug-likeness (QED) is 0.917. The molecule has 96 valence electrons. The van der Waals surface area contributed by atoms with E-state index in [0.29, 0.717) is 17.2 Å². The van der Waals surface area contributed by atoms with Crippen LogP contribution in [0.15, 0.2) is 24.3 Å². The van der Waals surface area contributed by atoms with E-state index in [1.807, 2.05) is 0 Å². The predicted octanol–water partition coefficient (Wildman–Crippen LogP) is 1.87. The summed E-state index contributed by atoms with van der Waals surface area (Å²) in [5.41, 5.74) is 0. The fourth-order valence-corrected chi connectivity index (χ4v) is 2.60. The van der Waals surface area contributed by atoms with Gasteiger partial charge in [-0.2, -0.15) is 0 Å². The molecule has 1 aromatic rings. The number of rotatable bonds is 4. The minimum Gasteiger partial charge on any atom is -0.484 e. The number of carbonyl (C=O) groups excluding carboxylic acids is 2. The molecule has 0 spiro atoms. The zero-order chi connectivity index (χ0) is 13.0. The first-order chi connectivity index (χ1) is 8.65. The second-order valence-corrected chi connectivity index (χ2v) is 5.35. The molecule has 1 aliphatic heterocycles. The Balaban J connectivity index is 1.78. The minimum absolute atomic E-state index is 0.0230. The van der Waals surface area contributed by atoms with Crippen molar-refractivity contribution in [3.8, 4) is 5.75 Å². The van der Waals surface area contributed by atoms with Crippen LogP contribution in [0, 0.1) is 0 Å². The van der Waals surface area contributed by atoms with Gasteiger partial charge in [-0.25, -0.2) is 0 Å². The third-order valence-electron chi connectivity index (χ3n) is 2.45. The molecule has 4 nitrogen and oxygen atoms in total. The highest BCUT2D eigenvalue weighted by atomic mass is 35.5. The average molecular weight is 286 g/mol. The lowest BCUT2D eigenvalue weighted by molar-refractivity contribution is -0.126. The lowest BCUT2D eigenvalue weighted by Gasteiger charge is -2.11. The van der Waals surface area contributed by atoms with Gasteiger partial charge in [-0.15, -0.1) is 0 Å². The van der Waals surface area contributed by atoms with E-state index in [1.165, 1.54) is 11.8 Å². The molecule has 2 rings (SSSR count). The van der Waals surface area contributed by atoms with Gasteiger partial charge in [0.05, 0.1) is 6.04 Å². The van der Waals surface area contributed by atoms with Crippen LogP contribution >= 0.6 is 23.4 Å². The topological polar surface area (TPSA) is 55.4 Å². The highest BCUT2D eigenvalue weighted by molar-refractivity contribution is 8.14. The number of ether oxygens (including phenoxy) is 1. The first-order valence-electron chi connectivity index (χ1n) is 5.49. The van der Waals surface area contributed by atoms with Gasteiger partial charge in [-0.05, 0) is 30.7 Å². The molecule has 0 unspecified atom stereocenters. The van der Waals surface area contributed by atoms with Crippen molar-refractivity contribution in [2.24, 2.45) is 0 Å². The summed E-state index contributed by atoms with van der Waals surface area (Å²) in [5.74, 6) is 1.05. The number of thioether (sulfide) groups is 1. The van der Waals surface area contributed by atoms with Gasteiger partial charge >= 0.3 is 0 Å². The number of hydrogen-bond acceptors (Lipinski definition) is 4. The summed E-state index contributed by atoms with van der Waals surface area (Å²) in [5, 5.41) is 3.28. The summed E-state index contributed by atoms with van der Waals surface area (Å²) in [4.78, 5) is 22.9. The van der Waals surface area contributed by atoms with Crippen molar-refractivity contribution >= 4 is 34.4 Å². The largest absolute Gasteiger partial charge is 0.484 e. The van der Waals surface area contributed by atoms with Crippen LogP contribution in [0.3, 0.4) is 0 Å². The summed E-state index contributed by atoms with van der Waals surface area (Å²) >= 11 is 6.98. The molecule has 1 aliphatic rings. The summed E-state index contributed by atoms with van der Waals surface area (Å²) in [7, 11) is 0. The molecule has 6 heteroatoms. The Morgan fingerprint density at radius 3 is 2.78 bits per heavy atom. The van der Waals surface area contributed by atoms with Crippen LogP contribution in [0.1, 0.15) is 6.42 Å². The fraction of sp³-hybridized carbons (Fsp3) is 0.333. The molecule has 1 amide bonds. The maximum absolute atomic E-state index is 11.6. The highest BCUT2D eigenvalue weighted by Crippen LogP contribution is 2.19. The van der Waals surface area contributed by atoms with Gasteiger partial charge in [-0.1, -0.05) is 23.4 Å². The standard InChI is InChI=1S/C12H12ClNO3S/c13-8-1-3-9(4-2-8)17-7-11(15)14-10-5-6-18-12(10)16/h1-4,10H,5-7H2,(H,14,15)/t10-/m1/s1. The molecule has 1 aromatic carbocycles. The van der Waals surface area contributed by atoms with E-state index >= 15 is 0 Å². The van der Waals surface area contributed by atoms with E-state index in [-0.39, 0.29) is 23.7 Å². The lowest BCUT2D eigenvalue weighted by atomic mass is 10.2. The molecule has 0 aromatic heterocycles. The van der Waals surface area contributed by atoms with E-state index < -0.39 is 0 Å². The maximum atomic E-state index is 11.6. The van der Waals surface area contributed by atoms with Crippen LogP contribution < -0.4 is 10.1 Å². The van der Waals surface area contributed by atoms with Crippen LogP contribution in [-0.2, 0) is 9.59 Å². The van der Waals surface area contributed by atoms with E-state index in [2.05, 4.69) is 5.32 Å². The Labute approximate surface area is 114 Å². The molecule has 1 N–H and O–H groups in total. The number of hydrogen-bond donors (Lipinski definition) is 1. The molecule has 0 saturated carbocycles. The molecule has 1 atom stereocenters. The number of halogens is 1. The van der Waals surface area contributed by atoms with E-state index in [1.54, 1.807) is 24.3 Å². The van der Waals surface area contributed by atoms with E-state index in [0.717, 1.165) is 5.75 Å². The van der Waals surface area contributed by atoms with Crippen molar-refractivity contribution in [3.05, 3.63) is 29.3 Å². The maximum Gasteiger partial charge on any atom is 0.258 e. The number of nitrogens with one attached hydrogen (secondary N) is 1. The van der Waals surface area contributed by atoms with Gasteiger partial charge in [0.2, 0.25) is 5.12 Å². The first kappa shape index (κ1) is 13.2. The average Bonchev–Trinajstić information content (AvgIpc) is 2.74. The van der Waals surface area contributed by atoms with Crippen LogP contribution in [0.5, 0.6) is 5.75 Å². The number of benzene rings is 1.